The monoisotopic (exact) mass is 264 g/mol. The second kappa shape index (κ2) is 4.57. The average molecular weight is 264 g/mol. The van der Waals surface area contributed by atoms with Gasteiger partial charge in [-0.2, -0.15) is 0 Å². The third-order valence-corrected chi connectivity index (χ3v) is 3.85. The summed E-state index contributed by atoms with van der Waals surface area (Å²) in [6.07, 6.45) is 0.886. The van der Waals surface area contributed by atoms with Crippen LogP contribution in [0.1, 0.15) is 34.8 Å². The van der Waals surface area contributed by atoms with E-state index in [0.717, 1.165) is 39.2 Å². The molecule has 18 heavy (non-hydrogen) atoms. The summed E-state index contributed by atoms with van der Waals surface area (Å²) in [6.45, 7) is 6.21. The number of anilines is 1. The minimum absolute atomic E-state index is 0.183. The van der Waals surface area contributed by atoms with Crippen molar-refractivity contribution in [3.8, 4) is 0 Å². The third kappa shape index (κ3) is 2.18. The largest absolute Gasteiger partial charge is 0.477 e. The molecular formula is C13H16N2O2S. The van der Waals surface area contributed by atoms with Gasteiger partial charge in [-0.25, -0.2) is 9.78 Å². The second-order valence-corrected chi connectivity index (χ2v) is 5.86. The molecule has 5 heteroatoms. The first kappa shape index (κ1) is 12.8. The van der Waals surface area contributed by atoms with Crippen molar-refractivity contribution in [2.24, 2.45) is 5.92 Å². The lowest BCUT2D eigenvalue weighted by molar-refractivity contribution is 0.0703. The molecule has 0 aromatic carbocycles. The number of carboxylic acids is 1. The fourth-order valence-electron chi connectivity index (χ4n) is 2.06. The van der Waals surface area contributed by atoms with Crippen LogP contribution in [0.15, 0.2) is 6.07 Å². The van der Waals surface area contributed by atoms with E-state index in [2.05, 4.69) is 18.8 Å². The van der Waals surface area contributed by atoms with Gasteiger partial charge in [0.05, 0.1) is 5.69 Å². The Morgan fingerprint density at radius 1 is 1.56 bits per heavy atom. The molecule has 2 aromatic heterocycles. The first-order valence-electron chi connectivity index (χ1n) is 5.82. The number of carboxylic acid groups (broad SMARTS) is 1. The highest BCUT2D eigenvalue weighted by atomic mass is 32.1. The Morgan fingerprint density at radius 2 is 2.22 bits per heavy atom. The summed E-state index contributed by atoms with van der Waals surface area (Å²) in [5.74, 6) is -0.467. The van der Waals surface area contributed by atoms with E-state index in [-0.39, 0.29) is 4.88 Å². The van der Waals surface area contributed by atoms with E-state index in [1.165, 1.54) is 0 Å². The molecule has 4 nitrogen and oxygen atoms in total. The first-order valence-corrected chi connectivity index (χ1v) is 6.63. The van der Waals surface area contributed by atoms with Crippen LogP contribution in [0.25, 0.3) is 10.2 Å². The zero-order chi connectivity index (χ0) is 13.4. The summed E-state index contributed by atoms with van der Waals surface area (Å²) in [5.41, 5.74) is 8.21. The molecule has 0 fully saturated rings. The molecule has 0 radical (unpaired) electrons. The summed E-state index contributed by atoms with van der Waals surface area (Å²) in [6, 6.07) is 2.00. The number of carbonyl (C=O) groups is 1. The SMILES string of the molecule is Cc1cc(CC(C)C)nc2sc(C(=O)O)c(N)c12. The predicted molar refractivity (Wildman–Crippen MR) is 74.3 cm³/mol. The van der Waals surface area contributed by atoms with Crippen molar-refractivity contribution < 1.29 is 9.90 Å². The van der Waals surface area contributed by atoms with Gasteiger partial charge in [-0.1, -0.05) is 13.8 Å². The van der Waals surface area contributed by atoms with E-state index in [1.54, 1.807) is 0 Å². The minimum atomic E-state index is -0.986. The molecule has 0 unspecified atom stereocenters. The van der Waals surface area contributed by atoms with E-state index in [0.29, 0.717) is 11.6 Å². The highest BCUT2D eigenvalue weighted by Gasteiger charge is 2.18. The van der Waals surface area contributed by atoms with E-state index in [4.69, 9.17) is 10.8 Å². The van der Waals surface area contributed by atoms with Crippen LogP contribution in [-0.4, -0.2) is 16.1 Å². The maximum Gasteiger partial charge on any atom is 0.348 e. The number of aromatic carboxylic acids is 1. The van der Waals surface area contributed by atoms with Crippen LogP contribution in [-0.2, 0) is 6.42 Å². The highest BCUT2D eigenvalue weighted by molar-refractivity contribution is 7.21. The maximum absolute atomic E-state index is 11.1. The molecule has 0 saturated carbocycles. The highest BCUT2D eigenvalue weighted by Crippen LogP contribution is 2.35. The Hall–Kier alpha value is -1.62. The van der Waals surface area contributed by atoms with Gasteiger partial charge in [-0.3, -0.25) is 0 Å². The van der Waals surface area contributed by atoms with Gasteiger partial charge in [-0.05, 0) is 30.9 Å². The number of pyridine rings is 1. The van der Waals surface area contributed by atoms with E-state index in [9.17, 15) is 4.79 Å². The normalized spacial score (nSPS) is 11.3. The Balaban J connectivity index is 2.63. The lowest BCUT2D eigenvalue weighted by Gasteiger charge is -2.06. The number of hydrogen-bond donors (Lipinski definition) is 2. The molecule has 0 amide bonds. The Labute approximate surface area is 109 Å². The number of aromatic nitrogens is 1. The second-order valence-electron chi connectivity index (χ2n) is 4.86. The summed E-state index contributed by atoms with van der Waals surface area (Å²) in [5, 5.41) is 9.86. The summed E-state index contributed by atoms with van der Waals surface area (Å²) >= 11 is 1.15. The van der Waals surface area contributed by atoms with Gasteiger partial charge in [-0.15, -0.1) is 11.3 Å². The summed E-state index contributed by atoms with van der Waals surface area (Å²) in [4.78, 5) is 16.5. The van der Waals surface area contributed by atoms with E-state index >= 15 is 0 Å². The van der Waals surface area contributed by atoms with Crippen molar-refractivity contribution in [1.29, 1.82) is 0 Å². The quantitative estimate of drug-likeness (QED) is 0.893. The van der Waals surface area contributed by atoms with E-state index in [1.807, 2.05) is 13.0 Å². The van der Waals surface area contributed by atoms with Crippen LogP contribution in [0.3, 0.4) is 0 Å². The van der Waals surface area contributed by atoms with Crippen molar-refractivity contribution in [3.63, 3.8) is 0 Å². The minimum Gasteiger partial charge on any atom is -0.477 e. The van der Waals surface area contributed by atoms with Gasteiger partial charge in [0.1, 0.15) is 9.71 Å². The number of rotatable bonds is 3. The van der Waals surface area contributed by atoms with Crippen molar-refractivity contribution in [1.82, 2.24) is 4.98 Å². The van der Waals surface area contributed by atoms with Crippen molar-refractivity contribution in [2.75, 3.05) is 5.73 Å². The molecule has 96 valence electrons. The molecule has 2 aromatic rings. The number of thiophene rings is 1. The lowest BCUT2D eigenvalue weighted by Crippen LogP contribution is -1.99. The molecule has 0 aliphatic carbocycles. The topological polar surface area (TPSA) is 76.2 Å². The molecule has 0 saturated heterocycles. The third-order valence-electron chi connectivity index (χ3n) is 2.76. The van der Waals surface area contributed by atoms with Gasteiger partial charge in [0.2, 0.25) is 0 Å². The average Bonchev–Trinajstić information content (AvgIpc) is 2.55. The predicted octanol–water partition coefficient (Wildman–Crippen LogP) is 3.08. The zero-order valence-electron chi connectivity index (χ0n) is 10.7. The number of aryl methyl sites for hydroxylation is 1. The zero-order valence-corrected chi connectivity index (χ0v) is 11.5. The number of nitrogens with two attached hydrogens (primary N) is 1. The van der Waals surface area contributed by atoms with Gasteiger partial charge < -0.3 is 10.8 Å². The summed E-state index contributed by atoms with van der Waals surface area (Å²) < 4.78 is 0. The molecule has 0 bridgehead atoms. The fraction of sp³-hybridized carbons (Fsp3) is 0.385. The van der Waals surface area contributed by atoms with Crippen molar-refractivity contribution in [3.05, 3.63) is 22.2 Å². The molecule has 0 aliphatic rings. The molecule has 0 atom stereocenters. The van der Waals surface area contributed by atoms with Crippen LogP contribution in [0, 0.1) is 12.8 Å². The lowest BCUT2D eigenvalue weighted by atomic mass is 10.0. The van der Waals surface area contributed by atoms with Gasteiger partial charge >= 0.3 is 5.97 Å². The van der Waals surface area contributed by atoms with Gasteiger partial charge in [0.15, 0.2) is 0 Å². The first-order chi connectivity index (χ1) is 8.40. The standard InChI is InChI=1S/C13H16N2O2S/c1-6(2)4-8-5-7(3)9-10(14)11(13(16)17)18-12(9)15-8/h5-6H,4,14H2,1-3H3,(H,16,17). The molecule has 0 spiro atoms. The maximum atomic E-state index is 11.1. The number of nitrogen functional groups attached to an aromatic ring is 1. The Morgan fingerprint density at radius 3 is 2.78 bits per heavy atom. The van der Waals surface area contributed by atoms with Crippen LogP contribution < -0.4 is 5.73 Å². The molecule has 2 rings (SSSR count). The Bertz CT molecular complexity index is 617. The van der Waals surface area contributed by atoms with Crippen LogP contribution >= 0.6 is 11.3 Å². The van der Waals surface area contributed by atoms with Gasteiger partial charge in [0.25, 0.3) is 0 Å². The summed E-state index contributed by atoms with van der Waals surface area (Å²) in [7, 11) is 0. The fourth-order valence-corrected chi connectivity index (χ4v) is 3.09. The Kier molecular flexibility index (Phi) is 3.26. The smallest absolute Gasteiger partial charge is 0.348 e. The molecular weight excluding hydrogens is 248 g/mol. The number of fused-ring (bicyclic) bond motifs is 1. The van der Waals surface area contributed by atoms with Crippen molar-refractivity contribution >= 4 is 33.2 Å². The molecule has 3 N–H and O–H groups in total. The molecule has 2 heterocycles. The number of nitrogens with zero attached hydrogens (tertiary/aromatic N) is 1. The number of hydrogen-bond acceptors (Lipinski definition) is 4. The van der Waals surface area contributed by atoms with Gasteiger partial charge in [0, 0.05) is 11.1 Å². The van der Waals surface area contributed by atoms with Crippen LogP contribution in [0.5, 0.6) is 0 Å². The van der Waals surface area contributed by atoms with E-state index < -0.39 is 5.97 Å². The van der Waals surface area contributed by atoms with Crippen LogP contribution in [0.4, 0.5) is 5.69 Å². The van der Waals surface area contributed by atoms with Crippen molar-refractivity contribution in [2.45, 2.75) is 27.2 Å². The van der Waals surface area contributed by atoms with Crippen LogP contribution in [0.2, 0.25) is 0 Å². The molecule has 0 aliphatic heterocycles.